The molecule has 0 radical (unpaired) electrons. The molecule has 27 heavy (non-hydrogen) atoms. The number of carbonyl (C=O) groups is 1. The largest absolute Gasteiger partial charge is 0.494 e. The van der Waals surface area contributed by atoms with E-state index in [0.29, 0.717) is 17.9 Å². The average Bonchev–Trinajstić information content (AvgIpc) is 2.75. The Balaban J connectivity index is 1.83. The summed E-state index contributed by atoms with van der Waals surface area (Å²) in [6.07, 6.45) is 5.61. The maximum absolute atomic E-state index is 13.3. The van der Waals surface area contributed by atoms with Crippen molar-refractivity contribution in [2.75, 3.05) is 12.1 Å². The second kappa shape index (κ2) is 7.37. The fourth-order valence-electron chi connectivity index (χ4n) is 3.15. The van der Waals surface area contributed by atoms with Crippen molar-refractivity contribution < 1.29 is 9.53 Å². The molecule has 3 heterocycles. The third-order valence-corrected chi connectivity index (χ3v) is 4.49. The molecule has 1 atom stereocenters. The average molecular weight is 358 g/mol. The van der Waals surface area contributed by atoms with Gasteiger partial charge in [-0.15, -0.1) is 0 Å². The summed E-state index contributed by atoms with van der Waals surface area (Å²) >= 11 is 0. The zero-order valence-electron chi connectivity index (χ0n) is 14.8. The normalized spacial score (nSPS) is 16.8. The number of nitrogens with zero attached hydrogens (tertiary/aromatic N) is 4. The first-order valence-electron chi connectivity index (χ1n) is 8.63. The van der Waals surface area contributed by atoms with Crippen molar-refractivity contribution >= 4 is 17.3 Å². The van der Waals surface area contributed by atoms with Gasteiger partial charge in [0.1, 0.15) is 11.4 Å². The molecule has 0 spiro atoms. The van der Waals surface area contributed by atoms with E-state index in [-0.39, 0.29) is 5.91 Å². The Morgan fingerprint density at radius 2 is 1.89 bits per heavy atom. The maximum atomic E-state index is 13.3. The first-order chi connectivity index (χ1) is 13.3. The van der Waals surface area contributed by atoms with Gasteiger partial charge in [0.05, 0.1) is 24.4 Å². The smallest absolute Gasteiger partial charge is 0.255 e. The van der Waals surface area contributed by atoms with Crippen LogP contribution in [-0.2, 0) is 4.79 Å². The van der Waals surface area contributed by atoms with Crippen molar-refractivity contribution in [3.05, 3.63) is 84.4 Å². The highest BCUT2D eigenvalue weighted by atomic mass is 16.5. The van der Waals surface area contributed by atoms with Crippen LogP contribution in [0.5, 0.6) is 5.75 Å². The SMILES string of the molecule is COc1ccccc1N1N=C(c2ccccn2)CC(c2cccnc2)C1=O. The number of rotatable bonds is 4. The van der Waals surface area contributed by atoms with Gasteiger partial charge in [-0.05, 0) is 35.9 Å². The molecule has 6 heteroatoms. The predicted molar refractivity (Wildman–Crippen MR) is 103 cm³/mol. The van der Waals surface area contributed by atoms with Crippen molar-refractivity contribution in [2.24, 2.45) is 5.10 Å². The summed E-state index contributed by atoms with van der Waals surface area (Å²) in [4.78, 5) is 21.9. The molecule has 1 aliphatic rings. The summed E-state index contributed by atoms with van der Waals surface area (Å²) in [5, 5.41) is 6.05. The highest BCUT2D eigenvalue weighted by molar-refractivity contribution is 6.11. The quantitative estimate of drug-likeness (QED) is 0.717. The number of hydrogen-bond donors (Lipinski definition) is 0. The van der Waals surface area contributed by atoms with Crippen molar-refractivity contribution in [1.29, 1.82) is 0 Å². The Morgan fingerprint density at radius 1 is 1.04 bits per heavy atom. The maximum Gasteiger partial charge on any atom is 0.255 e. The highest BCUT2D eigenvalue weighted by Gasteiger charge is 2.35. The number of para-hydroxylation sites is 2. The first-order valence-corrected chi connectivity index (χ1v) is 8.63. The van der Waals surface area contributed by atoms with Crippen molar-refractivity contribution in [3.63, 3.8) is 0 Å². The Morgan fingerprint density at radius 3 is 2.63 bits per heavy atom. The lowest BCUT2D eigenvalue weighted by Crippen LogP contribution is -2.38. The molecule has 0 bridgehead atoms. The Labute approximate surface area is 157 Å². The molecular formula is C21H18N4O2. The lowest BCUT2D eigenvalue weighted by atomic mass is 9.91. The van der Waals surface area contributed by atoms with Crippen LogP contribution in [0.4, 0.5) is 5.69 Å². The number of amides is 1. The van der Waals surface area contributed by atoms with Gasteiger partial charge in [-0.2, -0.15) is 10.1 Å². The molecule has 0 aliphatic carbocycles. The summed E-state index contributed by atoms with van der Waals surface area (Å²) in [7, 11) is 1.58. The molecular weight excluding hydrogens is 340 g/mol. The molecule has 134 valence electrons. The van der Waals surface area contributed by atoms with E-state index < -0.39 is 5.92 Å². The Bertz CT molecular complexity index is 974. The van der Waals surface area contributed by atoms with E-state index in [1.807, 2.05) is 54.6 Å². The van der Waals surface area contributed by atoms with E-state index in [1.165, 1.54) is 5.01 Å². The van der Waals surface area contributed by atoms with Gasteiger partial charge in [0, 0.05) is 25.0 Å². The van der Waals surface area contributed by atoms with Gasteiger partial charge in [0.15, 0.2) is 0 Å². The van der Waals surface area contributed by atoms with Gasteiger partial charge in [0.2, 0.25) is 0 Å². The standard InChI is InChI=1S/C21H18N4O2/c1-27-20-10-3-2-9-19(20)25-21(26)16(15-7-6-11-22-14-15)13-18(24-25)17-8-4-5-12-23-17/h2-12,14,16H,13H2,1H3. The monoisotopic (exact) mass is 358 g/mol. The minimum Gasteiger partial charge on any atom is -0.494 e. The number of pyridine rings is 2. The van der Waals surface area contributed by atoms with Crippen LogP contribution in [0, 0.1) is 0 Å². The molecule has 1 aliphatic heterocycles. The van der Waals surface area contributed by atoms with Crippen LogP contribution in [-0.4, -0.2) is 28.7 Å². The van der Waals surface area contributed by atoms with Crippen LogP contribution < -0.4 is 9.75 Å². The third-order valence-electron chi connectivity index (χ3n) is 4.49. The van der Waals surface area contributed by atoms with E-state index in [1.54, 1.807) is 25.7 Å². The molecule has 2 aromatic heterocycles. The van der Waals surface area contributed by atoms with Gasteiger partial charge in [-0.1, -0.05) is 24.3 Å². The third kappa shape index (κ3) is 3.29. The van der Waals surface area contributed by atoms with Gasteiger partial charge < -0.3 is 4.74 Å². The van der Waals surface area contributed by atoms with Crippen LogP contribution in [0.1, 0.15) is 23.6 Å². The van der Waals surface area contributed by atoms with E-state index in [4.69, 9.17) is 4.74 Å². The number of ether oxygens (including phenoxy) is 1. The number of hydrogen-bond acceptors (Lipinski definition) is 5. The topological polar surface area (TPSA) is 67.7 Å². The molecule has 1 amide bonds. The minimum absolute atomic E-state index is 0.118. The molecule has 4 rings (SSSR count). The van der Waals surface area contributed by atoms with E-state index >= 15 is 0 Å². The molecule has 0 N–H and O–H groups in total. The van der Waals surface area contributed by atoms with Gasteiger partial charge in [-0.25, -0.2) is 0 Å². The summed E-state index contributed by atoms with van der Waals surface area (Å²) in [5.41, 5.74) is 2.95. The molecule has 1 unspecified atom stereocenters. The van der Waals surface area contributed by atoms with Gasteiger partial charge in [-0.3, -0.25) is 14.8 Å². The van der Waals surface area contributed by atoms with Crippen molar-refractivity contribution in [2.45, 2.75) is 12.3 Å². The van der Waals surface area contributed by atoms with Crippen LogP contribution in [0.2, 0.25) is 0 Å². The molecule has 6 nitrogen and oxygen atoms in total. The van der Waals surface area contributed by atoms with Crippen LogP contribution in [0.3, 0.4) is 0 Å². The summed E-state index contributed by atoms with van der Waals surface area (Å²) < 4.78 is 5.44. The van der Waals surface area contributed by atoms with E-state index in [0.717, 1.165) is 17.0 Å². The molecule has 0 saturated carbocycles. The zero-order valence-corrected chi connectivity index (χ0v) is 14.8. The highest BCUT2D eigenvalue weighted by Crippen LogP contribution is 2.35. The number of aromatic nitrogens is 2. The predicted octanol–water partition coefficient (Wildman–Crippen LogP) is 3.41. The molecule has 0 fully saturated rings. The van der Waals surface area contributed by atoms with Gasteiger partial charge >= 0.3 is 0 Å². The number of carbonyl (C=O) groups excluding carboxylic acids is 1. The zero-order chi connectivity index (χ0) is 18.6. The second-order valence-electron chi connectivity index (χ2n) is 6.13. The number of anilines is 1. The van der Waals surface area contributed by atoms with Crippen LogP contribution >= 0.6 is 0 Å². The Hall–Kier alpha value is -3.54. The number of methoxy groups -OCH3 is 1. The Kier molecular flexibility index (Phi) is 4.61. The van der Waals surface area contributed by atoms with Crippen LogP contribution in [0.15, 0.2) is 78.3 Å². The van der Waals surface area contributed by atoms with E-state index in [9.17, 15) is 4.79 Å². The second-order valence-corrected chi connectivity index (χ2v) is 6.13. The fourth-order valence-corrected chi connectivity index (χ4v) is 3.15. The number of hydrazone groups is 1. The molecule has 1 aromatic carbocycles. The van der Waals surface area contributed by atoms with Gasteiger partial charge in [0.25, 0.3) is 5.91 Å². The molecule has 3 aromatic rings. The first kappa shape index (κ1) is 16.9. The van der Waals surface area contributed by atoms with Crippen molar-refractivity contribution in [3.8, 4) is 5.75 Å². The lowest BCUT2D eigenvalue weighted by Gasteiger charge is -2.30. The summed E-state index contributed by atoms with van der Waals surface area (Å²) in [5.74, 6) is 0.0760. The minimum atomic E-state index is -0.391. The fraction of sp³-hybridized carbons (Fsp3) is 0.143. The van der Waals surface area contributed by atoms with E-state index in [2.05, 4.69) is 15.1 Å². The molecule has 0 saturated heterocycles. The summed E-state index contributed by atoms with van der Waals surface area (Å²) in [6.45, 7) is 0. The van der Waals surface area contributed by atoms with Crippen LogP contribution in [0.25, 0.3) is 0 Å². The lowest BCUT2D eigenvalue weighted by molar-refractivity contribution is -0.120. The number of benzene rings is 1. The van der Waals surface area contributed by atoms with Crippen molar-refractivity contribution in [1.82, 2.24) is 9.97 Å². The summed E-state index contributed by atoms with van der Waals surface area (Å²) in [6, 6.07) is 16.8.